The Balaban J connectivity index is 0.000000390. The predicted octanol–water partition coefficient (Wildman–Crippen LogP) is 4.50. The minimum absolute atomic E-state index is 0.0195. The van der Waals surface area contributed by atoms with Crippen molar-refractivity contribution >= 4 is 28.5 Å². The molecule has 2 N–H and O–H groups in total. The number of halogens is 2. The average Bonchev–Trinajstić information content (AvgIpc) is 3.72. The summed E-state index contributed by atoms with van der Waals surface area (Å²) in [6, 6.07) is 13.5. The van der Waals surface area contributed by atoms with Crippen LogP contribution in [-0.2, 0) is 16.6 Å². The number of carbonyl (C=O) groups is 2. The van der Waals surface area contributed by atoms with Crippen LogP contribution in [0.4, 0.5) is 8.78 Å². The van der Waals surface area contributed by atoms with E-state index in [0.29, 0.717) is 40.4 Å². The third-order valence-corrected chi connectivity index (χ3v) is 6.34. The summed E-state index contributed by atoms with van der Waals surface area (Å²) in [7, 11) is 1.84. The highest BCUT2D eigenvalue weighted by Crippen LogP contribution is 2.39. The van der Waals surface area contributed by atoms with Crippen molar-refractivity contribution in [2.24, 2.45) is 7.05 Å². The molecule has 2 aromatic carbocycles. The van der Waals surface area contributed by atoms with Crippen molar-refractivity contribution in [2.75, 3.05) is 0 Å². The van der Waals surface area contributed by atoms with Crippen molar-refractivity contribution in [1.82, 2.24) is 24.4 Å². The van der Waals surface area contributed by atoms with Gasteiger partial charge in [0.2, 0.25) is 5.43 Å². The average molecular weight is 576 g/mol. The van der Waals surface area contributed by atoms with Crippen LogP contribution in [-0.4, -0.2) is 53.1 Å². The van der Waals surface area contributed by atoms with E-state index in [4.69, 9.17) is 15.2 Å². The van der Waals surface area contributed by atoms with Crippen molar-refractivity contribution in [1.29, 1.82) is 0 Å². The Hall–Kier alpha value is -5.46. The molecule has 0 unspecified atom stereocenters. The summed E-state index contributed by atoms with van der Waals surface area (Å²) < 4.78 is 33.0. The SMILES string of the molecule is Cn1cc2cc(-c3nn4ccc(C5CC5)nc4c(-c4ccc(OC(F)F)cc4)c3=O)ccc2n1.O=C(O)/C=C\C(=O)O. The highest BCUT2D eigenvalue weighted by molar-refractivity contribution is 5.89. The highest BCUT2D eigenvalue weighted by atomic mass is 19.3. The molecule has 6 rings (SSSR count). The first kappa shape index (κ1) is 28.1. The minimum atomic E-state index is -2.92. The fourth-order valence-electron chi connectivity index (χ4n) is 4.35. The molecule has 0 atom stereocenters. The number of carboxylic acid groups (broad SMARTS) is 2. The topological polar surface area (TPSA) is 149 Å². The Labute approximate surface area is 235 Å². The lowest BCUT2D eigenvalue weighted by Gasteiger charge is -2.12. The molecule has 13 heteroatoms. The van der Waals surface area contributed by atoms with Gasteiger partial charge in [0.25, 0.3) is 0 Å². The van der Waals surface area contributed by atoms with Gasteiger partial charge in [0, 0.05) is 54.2 Å². The van der Waals surface area contributed by atoms with Crippen LogP contribution in [0.2, 0.25) is 0 Å². The van der Waals surface area contributed by atoms with Crippen LogP contribution < -0.4 is 10.2 Å². The molecule has 0 bridgehead atoms. The summed E-state index contributed by atoms with van der Waals surface area (Å²) in [5.41, 5.74) is 3.73. The Morgan fingerprint density at radius 3 is 2.29 bits per heavy atom. The molecule has 214 valence electrons. The summed E-state index contributed by atoms with van der Waals surface area (Å²) in [5, 5.41) is 25.5. The smallest absolute Gasteiger partial charge is 0.387 e. The first-order valence-electron chi connectivity index (χ1n) is 12.7. The second-order valence-corrected chi connectivity index (χ2v) is 9.44. The number of carboxylic acids is 2. The molecule has 1 saturated carbocycles. The number of alkyl halides is 2. The molecule has 0 radical (unpaired) electrons. The number of hydrogen-bond acceptors (Lipinski definition) is 7. The lowest BCUT2D eigenvalue weighted by Crippen LogP contribution is -2.16. The Kier molecular flexibility index (Phi) is 7.74. The van der Waals surface area contributed by atoms with E-state index >= 15 is 0 Å². The molecular formula is C29H23F2N5O6. The number of aryl methyl sites for hydroxylation is 1. The van der Waals surface area contributed by atoms with Crippen molar-refractivity contribution in [3.63, 3.8) is 0 Å². The highest BCUT2D eigenvalue weighted by Gasteiger charge is 2.26. The predicted molar refractivity (Wildman–Crippen MR) is 147 cm³/mol. The maximum Gasteiger partial charge on any atom is 0.387 e. The van der Waals surface area contributed by atoms with E-state index in [1.54, 1.807) is 21.3 Å². The number of rotatable bonds is 7. The molecule has 1 aliphatic rings. The van der Waals surface area contributed by atoms with Gasteiger partial charge < -0.3 is 14.9 Å². The third-order valence-electron chi connectivity index (χ3n) is 6.34. The Bertz CT molecular complexity index is 1880. The van der Waals surface area contributed by atoms with Crippen molar-refractivity contribution in [3.8, 4) is 28.1 Å². The van der Waals surface area contributed by atoms with Gasteiger partial charge in [-0.2, -0.15) is 19.0 Å². The summed E-state index contributed by atoms with van der Waals surface area (Å²) in [6.07, 6.45) is 6.95. The second-order valence-electron chi connectivity index (χ2n) is 9.44. The summed E-state index contributed by atoms with van der Waals surface area (Å²) >= 11 is 0. The van der Waals surface area contributed by atoms with Crippen LogP contribution in [0.25, 0.3) is 38.9 Å². The summed E-state index contributed by atoms with van der Waals surface area (Å²) in [4.78, 5) is 37.7. The fraction of sp³-hybridized carbons (Fsp3) is 0.172. The molecule has 3 heterocycles. The molecule has 42 heavy (non-hydrogen) atoms. The summed E-state index contributed by atoms with van der Waals surface area (Å²) in [6.45, 7) is -2.92. The number of aliphatic carboxylic acids is 2. The van der Waals surface area contributed by atoms with Crippen LogP contribution in [0.3, 0.4) is 0 Å². The number of ether oxygens (including phenoxy) is 1. The van der Waals surface area contributed by atoms with Gasteiger partial charge in [-0.3, -0.25) is 9.48 Å². The standard InChI is InChI=1S/C25H19F2N5O2.C4H4O4/c1-31-13-17-12-16(6-9-20(17)29-31)22-23(33)21(15-4-7-18(8-5-15)34-25(26)27)24-28-19(14-2-3-14)10-11-32(24)30-22;5-3(6)1-2-4(7)8/h4-14,25H,2-3H2,1H3;1-2H,(H,5,6)(H,7,8)/b;2-1-. The largest absolute Gasteiger partial charge is 0.478 e. The van der Waals surface area contributed by atoms with Crippen molar-refractivity contribution < 1.29 is 33.3 Å². The number of nitrogens with zero attached hydrogens (tertiary/aromatic N) is 5. The zero-order valence-corrected chi connectivity index (χ0v) is 22.0. The van der Waals surface area contributed by atoms with Crippen molar-refractivity contribution in [3.05, 3.63) is 89.0 Å². The Morgan fingerprint density at radius 1 is 1.00 bits per heavy atom. The molecule has 0 amide bonds. The van der Waals surface area contributed by atoms with Crippen LogP contribution in [0, 0.1) is 0 Å². The van der Waals surface area contributed by atoms with Crippen molar-refractivity contribution in [2.45, 2.75) is 25.4 Å². The van der Waals surface area contributed by atoms with E-state index in [9.17, 15) is 23.2 Å². The second kappa shape index (κ2) is 11.6. The molecule has 11 nitrogen and oxygen atoms in total. The molecule has 0 saturated heterocycles. The van der Waals surface area contributed by atoms with Gasteiger partial charge in [-0.05, 0) is 48.7 Å². The maximum absolute atomic E-state index is 13.8. The first-order chi connectivity index (χ1) is 20.1. The van der Waals surface area contributed by atoms with Gasteiger partial charge in [-0.1, -0.05) is 18.2 Å². The van der Waals surface area contributed by atoms with E-state index in [2.05, 4.69) is 14.9 Å². The van der Waals surface area contributed by atoms with Crippen LogP contribution in [0.5, 0.6) is 5.75 Å². The zero-order valence-electron chi connectivity index (χ0n) is 22.0. The van der Waals surface area contributed by atoms with Crippen LogP contribution >= 0.6 is 0 Å². The summed E-state index contributed by atoms with van der Waals surface area (Å²) in [5.74, 6) is -2.10. The Morgan fingerprint density at radius 2 is 1.67 bits per heavy atom. The lowest BCUT2D eigenvalue weighted by atomic mass is 10.0. The monoisotopic (exact) mass is 575 g/mol. The van der Waals surface area contributed by atoms with Gasteiger partial charge in [0.05, 0.1) is 11.1 Å². The van der Waals surface area contributed by atoms with Crippen LogP contribution in [0.1, 0.15) is 24.5 Å². The number of benzene rings is 2. The minimum Gasteiger partial charge on any atom is -0.478 e. The third kappa shape index (κ3) is 6.30. The van der Waals surface area contributed by atoms with Crippen LogP contribution in [0.15, 0.2) is 77.9 Å². The van der Waals surface area contributed by atoms with Gasteiger partial charge in [-0.15, -0.1) is 0 Å². The number of fused-ring (bicyclic) bond motifs is 2. The van der Waals surface area contributed by atoms with Gasteiger partial charge in [0.1, 0.15) is 11.4 Å². The normalized spacial score (nSPS) is 13.0. The molecule has 0 spiro atoms. The maximum atomic E-state index is 13.8. The van der Waals surface area contributed by atoms with Gasteiger partial charge in [-0.25, -0.2) is 19.1 Å². The van der Waals surface area contributed by atoms with E-state index in [1.807, 2.05) is 43.7 Å². The van der Waals surface area contributed by atoms with E-state index in [-0.39, 0.29) is 16.9 Å². The number of hydrogen-bond donors (Lipinski definition) is 2. The number of aromatic nitrogens is 5. The zero-order chi connectivity index (χ0) is 30.0. The first-order valence-corrected chi connectivity index (χ1v) is 12.7. The molecule has 3 aromatic heterocycles. The van der Waals surface area contributed by atoms with E-state index in [0.717, 1.165) is 29.4 Å². The fourth-order valence-corrected chi connectivity index (χ4v) is 4.35. The molecule has 1 aliphatic carbocycles. The lowest BCUT2D eigenvalue weighted by molar-refractivity contribution is -0.134. The molecule has 0 aliphatic heterocycles. The molecule has 5 aromatic rings. The quantitative estimate of drug-likeness (QED) is 0.268. The van der Waals surface area contributed by atoms with E-state index < -0.39 is 18.6 Å². The molecule has 1 fully saturated rings. The van der Waals surface area contributed by atoms with E-state index in [1.165, 1.54) is 12.1 Å². The molecular weight excluding hydrogens is 552 g/mol. The van der Waals surface area contributed by atoms with Gasteiger partial charge in [0.15, 0.2) is 5.65 Å². The van der Waals surface area contributed by atoms with Gasteiger partial charge >= 0.3 is 18.6 Å².